The standard InChI is InChI=1S/C16H17FN2O4/c17-12-4-6-13(7-5-12)23-16-8-3-11(10-15(16)19(21)22)14(18)2-1-9-20/h3-8,10,14,20H,1-2,9,18H2/t14-/m0/s1. The van der Waals surface area contributed by atoms with Gasteiger partial charge in [0.25, 0.3) is 0 Å². The molecule has 0 fully saturated rings. The average molecular weight is 320 g/mol. The van der Waals surface area contributed by atoms with Crippen LogP contribution in [0.2, 0.25) is 0 Å². The van der Waals surface area contributed by atoms with E-state index in [0.717, 1.165) is 0 Å². The van der Waals surface area contributed by atoms with Crippen molar-refractivity contribution in [1.82, 2.24) is 0 Å². The van der Waals surface area contributed by atoms with Crippen LogP contribution in [0.15, 0.2) is 42.5 Å². The molecule has 0 aliphatic rings. The number of nitrogens with zero attached hydrogens (tertiary/aromatic N) is 1. The fraction of sp³-hybridized carbons (Fsp3) is 0.250. The summed E-state index contributed by atoms with van der Waals surface area (Å²) in [4.78, 5) is 10.7. The topological polar surface area (TPSA) is 98.6 Å². The lowest BCUT2D eigenvalue weighted by Gasteiger charge is -2.13. The minimum atomic E-state index is -0.554. The first-order chi connectivity index (χ1) is 11.0. The van der Waals surface area contributed by atoms with Gasteiger partial charge in [0.1, 0.15) is 11.6 Å². The summed E-state index contributed by atoms with van der Waals surface area (Å²) < 4.78 is 18.3. The van der Waals surface area contributed by atoms with Gasteiger partial charge in [-0.15, -0.1) is 0 Å². The number of hydrogen-bond donors (Lipinski definition) is 2. The lowest BCUT2D eigenvalue weighted by molar-refractivity contribution is -0.385. The van der Waals surface area contributed by atoms with Gasteiger partial charge < -0.3 is 15.6 Å². The lowest BCUT2D eigenvalue weighted by Crippen LogP contribution is -2.11. The Bertz CT molecular complexity index is 676. The van der Waals surface area contributed by atoms with Crippen LogP contribution in [0.4, 0.5) is 10.1 Å². The van der Waals surface area contributed by atoms with Crippen molar-refractivity contribution in [3.8, 4) is 11.5 Å². The van der Waals surface area contributed by atoms with Gasteiger partial charge in [0.05, 0.1) is 4.92 Å². The van der Waals surface area contributed by atoms with Gasteiger partial charge in [-0.1, -0.05) is 6.07 Å². The monoisotopic (exact) mass is 320 g/mol. The zero-order valence-corrected chi connectivity index (χ0v) is 12.3. The van der Waals surface area contributed by atoms with Crippen LogP contribution < -0.4 is 10.5 Å². The maximum atomic E-state index is 12.9. The number of aliphatic hydroxyl groups excluding tert-OH is 1. The molecular formula is C16H17FN2O4. The van der Waals surface area contributed by atoms with Crippen LogP contribution in [0.5, 0.6) is 11.5 Å². The van der Waals surface area contributed by atoms with Gasteiger partial charge in [-0.25, -0.2) is 4.39 Å². The maximum Gasteiger partial charge on any atom is 0.311 e. The number of rotatable bonds is 7. The van der Waals surface area contributed by atoms with Crippen LogP contribution in [-0.2, 0) is 0 Å². The maximum absolute atomic E-state index is 12.9. The van der Waals surface area contributed by atoms with Crippen molar-refractivity contribution < 1.29 is 19.2 Å². The third kappa shape index (κ3) is 4.48. The van der Waals surface area contributed by atoms with E-state index in [4.69, 9.17) is 15.6 Å². The molecule has 0 spiro atoms. The van der Waals surface area contributed by atoms with Crippen molar-refractivity contribution >= 4 is 5.69 Å². The summed E-state index contributed by atoms with van der Waals surface area (Å²) >= 11 is 0. The summed E-state index contributed by atoms with van der Waals surface area (Å²) in [5.74, 6) is -0.0661. The third-order valence-corrected chi connectivity index (χ3v) is 3.32. The van der Waals surface area contributed by atoms with Crippen molar-refractivity contribution in [2.24, 2.45) is 5.73 Å². The molecule has 0 unspecified atom stereocenters. The Morgan fingerprint density at radius 2 is 1.96 bits per heavy atom. The Balaban J connectivity index is 2.25. The molecule has 0 bridgehead atoms. The van der Waals surface area contributed by atoms with Gasteiger partial charge in [-0.05, 0) is 48.7 Å². The Labute approximate surface area is 132 Å². The van der Waals surface area contributed by atoms with Crippen LogP contribution in [0, 0.1) is 15.9 Å². The fourth-order valence-corrected chi connectivity index (χ4v) is 2.10. The zero-order valence-electron chi connectivity index (χ0n) is 12.3. The highest BCUT2D eigenvalue weighted by Gasteiger charge is 2.19. The molecular weight excluding hydrogens is 303 g/mol. The van der Waals surface area contributed by atoms with E-state index >= 15 is 0 Å². The van der Waals surface area contributed by atoms with E-state index in [2.05, 4.69) is 0 Å². The van der Waals surface area contributed by atoms with Crippen LogP contribution in [0.3, 0.4) is 0 Å². The molecule has 0 saturated heterocycles. The Kier molecular flexibility index (Phi) is 5.61. The lowest BCUT2D eigenvalue weighted by atomic mass is 10.0. The van der Waals surface area contributed by atoms with Gasteiger partial charge in [0, 0.05) is 18.7 Å². The number of aliphatic hydroxyl groups is 1. The van der Waals surface area contributed by atoms with E-state index in [-0.39, 0.29) is 18.0 Å². The summed E-state index contributed by atoms with van der Waals surface area (Å²) in [5.41, 5.74) is 6.33. The molecule has 2 rings (SSSR count). The molecule has 1 atom stereocenters. The second-order valence-corrected chi connectivity index (χ2v) is 5.01. The first-order valence-electron chi connectivity index (χ1n) is 7.09. The predicted molar refractivity (Wildman–Crippen MR) is 82.8 cm³/mol. The first-order valence-corrected chi connectivity index (χ1v) is 7.09. The average Bonchev–Trinajstić information content (AvgIpc) is 2.54. The highest BCUT2D eigenvalue weighted by molar-refractivity contribution is 5.51. The number of benzene rings is 2. The Hall–Kier alpha value is -2.51. The molecule has 0 aliphatic heterocycles. The number of nitro groups is 1. The van der Waals surface area contributed by atoms with Crippen molar-refractivity contribution in [2.75, 3.05) is 6.61 Å². The van der Waals surface area contributed by atoms with E-state index in [1.54, 1.807) is 6.07 Å². The Morgan fingerprint density at radius 1 is 1.26 bits per heavy atom. The summed E-state index contributed by atoms with van der Waals surface area (Å²) in [6.07, 6.45) is 1.04. The van der Waals surface area contributed by atoms with Gasteiger partial charge in [0.2, 0.25) is 5.75 Å². The number of nitrogens with two attached hydrogens (primary N) is 1. The van der Waals surface area contributed by atoms with Crippen LogP contribution in [-0.4, -0.2) is 16.6 Å². The molecule has 0 saturated carbocycles. The summed E-state index contributed by atoms with van der Waals surface area (Å²) in [6.45, 7) is 0.0154. The van der Waals surface area contributed by atoms with E-state index in [9.17, 15) is 14.5 Å². The largest absolute Gasteiger partial charge is 0.450 e. The fourth-order valence-electron chi connectivity index (χ4n) is 2.10. The number of ether oxygens (including phenoxy) is 1. The van der Waals surface area contributed by atoms with Gasteiger partial charge in [0.15, 0.2) is 0 Å². The molecule has 0 aromatic heterocycles. The van der Waals surface area contributed by atoms with E-state index in [0.29, 0.717) is 24.2 Å². The summed E-state index contributed by atoms with van der Waals surface area (Å²) in [6, 6.07) is 9.27. The predicted octanol–water partition coefficient (Wildman–Crippen LogP) is 3.30. The van der Waals surface area contributed by atoms with Crippen molar-refractivity contribution in [3.05, 3.63) is 64.0 Å². The van der Waals surface area contributed by atoms with Crippen molar-refractivity contribution in [3.63, 3.8) is 0 Å². The molecule has 2 aromatic rings. The summed E-state index contributed by atoms with van der Waals surface area (Å²) in [7, 11) is 0. The number of halogens is 1. The van der Waals surface area contributed by atoms with Gasteiger partial charge >= 0.3 is 5.69 Å². The second kappa shape index (κ2) is 7.66. The third-order valence-electron chi connectivity index (χ3n) is 3.32. The minimum absolute atomic E-state index is 0.0154. The van der Waals surface area contributed by atoms with Crippen LogP contribution >= 0.6 is 0 Å². The van der Waals surface area contributed by atoms with Crippen LogP contribution in [0.25, 0.3) is 0 Å². The Morgan fingerprint density at radius 3 is 2.57 bits per heavy atom. The molecule has 0 amide bonds. The minimum Gasteiger partial charge on any atom is -0.450 e. The van der Waals surface area contributed by atoms with Gasteiger partial charge in [-0.3, -0.25) is 10.1 Å². The summed E-state index contributed by atoms with van der Waals surface area (Å²) in [5, 5.41) is 20.1. The molecule has 3 N–H and O–H groups in total. The SMILES string of the molecule is N[C@@H](CCCO)c1ccc(Oc2ccc(F)cc2)c([N+](=O)[O-])c1. The van der Waals surface area contributed by atoms with E-state index < -0.39 is 16.8 Å². The number of nitro benzene ring substituents is 1. The smallest absolute Gasteiger partial charge is 0.311 e. The second-order valence-electron chi connectivity index (χ2n) is 5.01. The number of hydrogen-bond acceptors (Lipinski definition) is 5. The molecule has 122 valence electrons. The quantitative estimate of drug-likeness (QED) is 0.602. The van der Waals surface area contributed by atoms with Crippen molar-refractivity contribution in [1.29, 1.82) is 0 Å². The molecule has 6 nitrogen and oxygen atoms in total. The molecule has 7 heteroatoms. The normalized spacial score (nSPS) is 12.0. The highest BCUT2D eigenvalue weighted by Crippen LogP contribution is 2.34. The molecule has 23 heavy (non-hydrogen) atoms. The molecule has 0 heterocycles. The van der Waals surface area contributed by atoms with E-state index in [1.165, 1.54) is 36.4 Å². The molecule has 0 aliphatic carbocycles. The van der Waals surface area contributed by atoms with Crippen molar-refractivity contribution in [2.45, 2.75) is 18.9 Å². The molecule has 0 radical (unpaired) electrons. The van der Waals surface area contributed by atoms with Crippen LogP contribution in [0.1, 0.15) is 24.4 Å². The first kappa shape index (κ1) is 16.9. The van der Waals surface area contributed by atoms with E-state index in [1.807, 2.05) is 0 Å². The van der Waals surface area contributed by atoms with Gasteiger partial charge in [-0.2, -0.15) is 0 Å². The zero-order chi connectivity index (χ0) is 16.8. The molecule has 2 aromatic carbocycles. The highest BCUT2D eigenvalue weighted by atomic mass is 19.1.